The largest absolute Gasteiger partial charge is 0.292 e. The molecule has 0 aromatic carbocycles. The number of nitrogens with one attached hydrogen (secondary N) is 1. The van der Waals surface area contributed by atoms with E-state index in [-0.39, 0.29) is 5.56 Å². The average molecular weight is 196 g/mol. The van der Waals surface area contributed by atoms with E-state index in [9.17, 15) is 9.59 Å². The summed E-state index contributed by atoms with van der Waals surface area (Å²) < 4.78 is 1.09. The summed E-state index contributed by atoms with van der Waals surface area (Å²) in [7, 11) is 0. The van der Waals surface area contributed by atoms with Crippen LogP contribution in [-0.4, -0.2) is 15.7 Å². The lowest BCUT2D eigenvalue weighted by Gasteiger charge is -2.11. The lowest BCUT2D eigenvalue weighted by Crippen LogP contribution is -2.40. The Morgan fingerprint density at radius 2 is 2.29 bits per heavy atom. The van der Waals surface area contributed by atoms with Crippen LogP contribution in [0.5, 0.6) is 0 Å². The van der Waals surface area contributed by atoms with Gasteiger partial charge in [0.2, 0.25) is 0 Å². The zero-order valence-electron chi connectivity index (χ0n) is 8.02. The molecule has 0 radical (unpaired) electrons. The number of hydrogen-bond donors (Lipinski definition) is 2. The lowest BCUT2D eigenvalue weighted by molar-refractivity contribution is -0.124. The molecule has 3 N–H and O–H groups in total. The van der Waals surface area contributed by atoms with Crippen LogP contribution in [0.1, 0.15) is 18.7 Å². The molecule has 1 aromatic rings. The Morgan fingerprint density at radius 3 is 2.86 bits per heavy atom. The fourth-order valence-corrected chi connectivity index (χ4v) is 1.03. The molecule has 0 saturated carbocycles. The quantitative estimate of drug-likeness (QED) is 0.364. The van der Waals surface area contributed by atoms with Crippen molar-refractivity contribution in [2.75, 3.05) is 0 Å². The Balaban J connectivity index is 3.12. The minimum absolute atomic E-state index is 0.327. The first-order valence-corrected chi connectivity index (χ1v) is 4.13. The van der Waals surface area contributed by atoms with Gasteiger partial charge < -0.3 is 0 Å². The second-order valence-corrected chi connectivity index (χ2v) is 2.94. The lowest BCUT2D eigenvalue weighted by atomic mass is 10.3. The van der Waals surface area contributed by atoms with Crippen LogP contribution in [-0.2, 0) is 4.79 Å². The van der Waals surface area contributed by atoms with Gasteiger partial charge in [0, 0.05) is 6.07 Å². The molecule has 1 atom stereocenters. The third kappa shape index (κ3) is 1.97. The molecule has 0 aliphatic heterocycles. The van der Waals surface area contributed by atoms with Gasteiger partial charge in [0.15, 0.2) is 0 Å². The molecule has 1 amide bonds. The molecule has 0 aliphatic rings. The second-order valence-electron chi connectivity index (χ2n) is 2.94. The van der Waals surface area contributed by atoms with E-state index in [0.717, 1.165) is 4.68 Å². The van der Waals surface area contributed by atoms with Gasteiger partial charge in [-0.3, -0.25) is 15.0 Å². The number of aryl methyl sites for hydroxylation is 1. The fraction of sp³-hybridized carbons (Fsp3) is 0.375. The number of rotatable bonds is 2. The van der Waals surface area contributed by atoms with Crippen molar-refractivity contribution >= 4 is 5.91 Å². The topological polar surface area (TPSA) is 90.0 Å². The zero-order valence-corrected chi connectivity index (χ0v) is 8.02. The first-order valence-electron chi connectivity index (χ1n) is 4.13. The van der Waals surface area contributed by atoms with Crippen LogP contribution in [0.2, 0.25) is 0 Å². The van der Waals surface area contributed by atoms with Gasteiger partial charge in [0.25, 0.3) is 11.5 Å². The van der Waals surface area contributed by atoms with E-state index >= 15 is 0 Å². The third-order valence-corrected chi connectivity index (χ3v) is 1.85. The number of carbonyl (C=O) groups is 1. The summed E-state index contributed by atoms with van der Waals surface area (Å²) in [5, 5.41) is 3.93. The van der Waals surface area contributed by atoms with Crippen LogP contribution in [0.25, 0.3) is 0 Å². The van der Waals surface area contributed by atoms with Gasteiger partial charge in [0.05, 0.1) is 5.69 Å². The van der Waals surface area contributed by atoms with Crippen LogP contribution >= 0.6 is 0 Å². The standard InChI is InChI=1S/C8H12N4O2/c1-5-3-4-7(13)12(11-5)6(2)8(14)10-9/h3-4,6H,9H2,1-2H3,(H,10,14). The van der Waals surface area contributed by atoms with Crippen LogP contribution in [0.15, 0.2) is 16.9 Å². The maximum absolute atomic E-state index is 11.3. The molecular weight excluding hydrogens is 184 g/mol. The van der Waals surface area contributed by atoms with E-state index in [2.05, 4.69) is 5.10 Å². The molecule has 1 unspecified atom stereocenters. The number of aromatic nitrogens is 2. The van der Waals surface area contributed by atoms with E-state index in [1.54, 1.807) is 19.9 Å². The van der Waals surface area contributed by atoms with Crippen LogP contribution in [0, 0.1) is 6.92 Å². The van der Waals surface area contributed by atoms with Crippen LogP contribution < -0.4 is 16.8 Å². The number of amides is 1. The predicted molar refractivity (Wildman–Crippen MR) is 50.3 cm³/mol. The van der Waals surface area contributed by atoms with Gasteiger partial charge >= 0.3 is 0 Å². The second kappa shape index (κ2) is 4.01. The van der Waals surface area contributed by atoms with E-state index in [4.69, 9.17) is 5.84 Å². The highest BCUT2D eigenvalue weighted by Gasteiger charge is 2.15. The number of nitrogens with zero attached hydrogens (tertiary/aromatic N) is 2. The normalized spacial score (nSPS) is 12.2. The molecule has 0 spiro atoms. The molecule has 0 bridgehead atoms. The van der Waals surface area contributed by atoms with Crippen molar-refractivity contribution in [3.63, 3.8) is 0 Å². The van der Waals surface area contributed by atoms with Crippen molar-refractivity contribution in [2.45, 2.75) is 19.9 Å². The van der Waals surface area contributed by atoms with E-state index in [1.807, 2.05) is 5.43 Å². The van der Waals surface area contributed by atoms with Gasteiger partial charge in [-0.2, -0.15) is 5.10 Å². The van der Waals surface area contributed by atoms with Crippen molar-refractivity contribution in [3.05, 3.63) is 28.2 Å². The molecule has 1 aromatic heterocycles. The van der Waals surface area contributed by atoms with E-state index < -0.39 is 11.9 Å². The fourth-order valence-electron chi connectivity index (χ4n) is 1.03. The molecule has 76 valence electrons. The van der Waals surface area contributed by atoms with Gasteiger partial charge in [-0.05, 0) is 19.9 Å². The molecule has 14 heavy (non-hydrogen) atoms. The molecule has 1 rings (SSSR count). The predicted octanol–water partition coefficient (Wildman–Crippen LogP) is -0.897. The number of hydrazine groups is 1. The van der Waals surface area contributed by atoms with Crippen molar-refractivity contribution in [2.24, 2.45) is 5.84 Å². The summed E-state index contributed by atoms with van der Waals surface area (Å²) in [5.74, 6) is 4.50. The highest BCUT2D eigenvalue weighted by molar-refractivity contribution is 5.79. The maximum atomic E-state index is 11.3. The van der Waals surface area contributed by atoms with Gasteiger partial charge in [-0.15, -0.1) is 0 Å². The Bertz CT molecular complexity index is 399. The van der Waals surface area contributed by atoms with Gasteiger partial charge in [-0.25, -0.2) is 10.5 Å². The van der Waals surface area contributed by atoms with Crippen molar-refractivity contribution in [1.29, 1.82) is 0 Å². The Morgan fingerprint density at radius 1 is 1.64 bits per heavy atom. The SMILES string of the molecule is Cc1ccc(=O)n(C(C)C(=O)NN)n1. The molecular formula is C8H12N4O2. The number of carbonyl (C=O) groups excluding carboxylic acids is 1. The first-order chi connectivity index (χ1) is 6.56. The molecule has 6 heteroatoms. The Labute approximate surface area is 80.7 Å². The van der Waals surface area contributed by atoms with Crippen molar-refractivity contribution in [1.82, 2.24) is 15.2 Å². The minimum atomic E-state index is -0.701. The minimum Gasteiger partial charge on any atom is -0.292 e. The summed E-state index contributed by atoms with van der Waals surface area (Å²) in [6.07, 6.45) is 0. The Kier molecular flexibility index (Phi) is 2.98. The summed E-state index contributed by atoms with van der Waals surface area (Å²) in [4.78, 5) is 22.5. The van der Waals surface area contributed by atoms with Gasteiger partial charge in [0.1, 0.15) is 6.04 Å². The van der Waals surface area contributed by atoms with Crippen molar-refractivity contribution < 1.29 is 4.79 Å². The molecule has 0 aliphatic carbocycles. The number of hydrogen-bond acceptors (Lipinski definition) is 4. The zero-order chi connectivity index (χ0) is 10.7. The van der Waals surface area contributed by atoms with Crippen LogP contribution in [0.4, 0.5) is 0 Å². The van der Waals surface area contributed by atoms with E-state index in [1.165, 1.54) is 6.07 Å². The summed E-state index contributed by atoms with van der Waals surface area (Å²) in [6.45, 7) is 3.29. The highest BCUT2D eigenvalue weighted by atomic mass is 16.2. The molecule has 1 heterocycles. The summed E-state index contributed by atoms with van der Waals surface area (Å²) >= 11 is 0. The molecule has 0 fully saturated rings. The number of nitrogens with two attached hydrogens (primary N) is 1. The smallest absolute Gasteiger partial charge is 0.267 e. The molecule has 0 saturated heterocycles. The summed E-state index contributed by atoms with van der Waals surface area (Å²) in [5.41, 5.74) is 2.31. The van der Waals surface area contributed by atoms with Gasteiger partial charge in [-0.1, -0.05) is 0 Å². The Hall–Kier alpha value is -1.69. The third-order valence-electron chi connectivity index (χ3n) is 1.85. The summed E-state index contributed by atoms with van der Waals surface area (Å²) in [6, 6.07) is 2.25. The van der Waals surface area contributed by atoms with Crippen LogP contribution in [0.3, 0.4) is 0 Å². The molecule has 6 nitrogen and oxygen atoms in total. The average Bonchev–Trinajstić information content (AvgIpc) is 2.19. The first kappa shape index (κ1) is 10.4. The monoisotopic (exact) mass is 196 g/mol. The maximum Gasteiger partial charge on any atom is 0.267 e. The van der Waals surface area contributed by atoms with E-state index in [0.29, 0.717) is 5.69 Å². The highest BCUT2D eigenvalue weighted by Crippen LogP contribution is 1.99. The van der Waals surface area contributed by atoms with Crippen molar-refractivity contribution in [3.8, 4) is 0 Å².